The zero-order valence-electron chi connectivity index (χ0n) is 18.2. The second-order valence-electron chi connectivity index (χ2n) is 8.97. The van der Waals surface area contributed by atoms with E-state index < -0.39 is 32.4 Å². The molecule has 2 aliphatic heterocycles. The average molecular weight is 456 g/mol. The minimum Gasteiger partial charge on any atom is -0.444 e. The average Bonchev–Trinajstić information content (AvgIpc) is 3.22. The Morgan fingerprint density at radius 2 is 1.71 bits per heavy atom. The molecular weight excluding hydrogens is 425 g/mol. The van der Waals surface area contributed by atoms with Gasteiger partial charge in [-0.1, -0.05) is 0 Å². The van der Waals surface area contributed by atoms with Gasteiger partial charge < -0.3 is 15.0 Å². The van der Waals surface area contributed by atoms with Crippen molar-refractivity contribution in [3.8, 4) is 0 Å². The minimum absolute atomic E-state index is 0.113. The third-order valence-corrected chi connectivity index (χ3v) is 7.28. The number of rotatable bonds is 4. The molecule has 0 radical (unpaired) electrons. The molecule has 1 N–H and O–H groups in total. The van der Waals surface area contributed by atoms with Crippen molar-refractivity contribution in [1.29, 1.82) is 0 Å². The van der Waals surface area contributed by atoms with Crippen molar-refractivity contribution in [2.24, 2.45) is 0 Å². The Kier molecular flexibility index (Phi) is 6.90. The molecule has 31 heavy (non-hydrogen) atoms. The fourth-order valence-electron chi connectivity index (χ4n) is 3.79. The molecule has 172 valence electrons. The lowest BCUT2D eigenvalue weighted by atomic mass is 10.0. The second kappa shape index (κ2) is 9.12. The Morgan fingerprint density at radius 3 is 2.29 bits per heavy atom. The molecule has 1 aromatic carbocycles. The summed E-state index contributed by atoms with van der Waals surface area (Å²) in [7, 11) is -3.97. The van der Waals surface area contributed by atoms with Crippen LogP contribution in [0.4, 0.5) is 9.18 Å². The summed E-state index contributed by atoms with van der Waals surface area (Å²) in [6, 6.07) is 3.37. The summed E-state index contributed by atoms with van der Waals surface area (Å²) in [5.41, 5.74) is -0.450. The number of benzene rings is 1. The fourth-order valence-corrected chi connectivity index (χ4v) is 5.39. The molecule has 2 heterocycles. The van der Waals surface area contributed by atoms with Gasteiger partial charge in [-0.05, 0) is 64.7 Å². The number of carbonyl (C=O) groups is 2. The number of halogens is 1. The molecule has 0 aromatic heterocycles. The van der Waals surface area contributed by atoms with E-state index in [2.05, 4.69) is 5.32 Å². The first kappa shape index (κ1) is 23.5. The first-order chi connectivity index (χ1) is 14.5. The number of amides is 2. The van der Waals surface area contributed by atoms with E-state index in [9.17, 15) is 22.4 Å². The fraction of sp³-hybridized carbons (Fsp3) is 0.619. The Labute approximate surface area is 182 Å². The molecule has 3 rings (SSSR count). The number of nitrogens with zero attached hydrogens (tertiary/aromatic N) is 2. The highest BCUT2D eigenvalue weighted by Gasteiger charge is 2.32. The Morgan fingerprint density at radius 1 is 1.10 bits per heavy atom. The molecule has 0 atom stereocenters. The zero-order chi connectivity index (χ0) is 22.8. The zero-order valence-corrected chi connectivity index (χ0v) is 19.0. The van der Waals surface area contributed by atoms with Gasteiger partial charge in [-0.15, -0.1) is 0 Å². The molecule has 0 aliphatic carbocycles. The van der Waals surface area contributed by atoms with Crippen LogP contribution in [0.2, 0.25) is 0 Å². The third-order valence-electron chi connectivity index (χ3n) is 5.36. The molecule has 2 fully saturated rings. The number of hydrogen-bond donors (Lipinski definition) is 1. The maximum absolute atomic E-state index is 14.3. The predicted octanol–water partition coefficient (Wildman–Crippen LogP) is 2.74. The van der Waals surface area contributed by atoms with Crippen LogP contribution in [0.5, 0.6) is 0 Å². The van der Waals surface area contributed by atoms with Crippen LogP contribution in [-0.2, 0) is 14.8 Å². The first-order valence-corrected chi connectivity index (χ1v) is 12.0. The van der Waals surface area contributed by atoms with Gasteiger partial charge in [-0.25, -0.2) is 17.6 Å². The number of piperidine rings is 1. The van der Waals surface area contributed by atoms with Gasteiger partial charge in [0.05, 0.1) is 0 Å². The van der Waals surface area contributed by atoms with Crippen molar-refractivity contribution in [3.63, 3.8) is 0 Å². The smallest absolute Gasteiger partial charge is 0.407 e. The molecule has 10 heteroatoms. The van der Waals surface area contributed by atoms with Crippen molar-refractivity contribution >= 4 is 22.0 Å². The maximum Gasteiger partial charge on any atom is 0.407 e. The Bertz CT molecular complexity index is 931. The lowest BCUT2D eigenvalue weighted by molar-refractivity contribution is 0.0473. The van der Waals surface area contributed by atoms with Crippen molar-refractivity contribution in [2.45, 2.75) is 63.0 Å². The summed E-state index contributed by atoms with van der Waals surface area (Å²) in [5, 5.41) is 2.81. The number of hydrogen-bond acceptors (Lipinski definition) is 5. The van der Waals surface area contributed by atoms with E-state index in [0.29, 0.717) is 39.0 Å². The summed E-state index contributed by atoms with van der Waals surface area (Å²) in [4.78, 5) is 26.0. The van der Waals surface area contributed by atoms with E-state index in [0.717, 1.165) is 25.0 Å². The van der Waals surface area contributed by atoms with Gasteiger partial charge in [-0.3, -0.25) is 4.79 Å². The van der Waals surface area contributed by atoms with Gasteiger partial charge in [0.15, 0.2) is 0 Å². The predicted molar refractivity (Wildman–Crippen MR) is 113 cm³/mol. The van der Waals surface area contributed by atoms with Crippen molar-refractivity contribution in [1.82, 2.24) is 14.5 Å². The van der Waals surface area contributed by atoms with Crippen LogP contribution in [-0.4, -0.2) is 67.4 Å². The lowest BCUT2D eigenvalue weighted by Gasteiger charge is -2.33. The molecule has 2 aliphatic rings. The van der Waals surface area contributed by atoms with Crippen LogP contribution < -0.4 is 5.32 Å². The number of nitrogens with one attached hydrogen (secondary N) is 1. The molecule has 8 nitrogen and oxygen atoms in total. The summed E-state index contributed by atoms with van der Waals surface area (Å²) in [5.74, 6) is -1.21. The standard InChI is InChI=1S/C21H30FN3O5S/c1-21(2,3)30-20(27)23-16-8-12-24(13-9-16)19(26)15-6-7-17(22)18(14-15)31(28,29)25-10-4-5-11-25/h6-7,14,16H,4-5,8-13H2,1-3H3,(H,23,27). The van der Waals surface area contributed by atoms with E-state index in [4.69, 9.17) is 4.74 Å². The molecule has 0 spiro atoms. The highest BCUT2D eigenvalue weighted by Crippen LogP contribution is 2.25. The summed E-state index contributed by atoms with van der Waals surface area (Å²) >= 11 is 0. The van der Waals surface area contributed by atoms with E-state index in [1.165, 1.54) is 10.4 Å². The van der Waals surface area contributed by atoms with E-state index in [1.807, 2.05) is 0 Å². The normalized spacial score (nSPS) is 18.8. The van der Waals surface area contributed by atoms with Crippen molar-refractivity contribution in [2.75, 3.05) is 26.2 Å². The van der Waals surface area contributed by atoms with Crippen LogP contribution >= 0.6 is 0 Å². The second-order valence-corrected chi connectivity index (χ2v) is 10.9. The van der Waals surface area contributed by atoms with Crippen molar-refractivity contribution in [3.05, 3.63) is 29.6 Å². The van der Waals surface area contributed by atoms with Gasteiger partial charge >= 0.3 is 6.09 Å². The molecular formula is C21H30FN3O5S. The Balaban J connectivity index is 1.64. The molecule has 2 saturated heterocycles. The molecule has 1 aromatic rings. The van der Waals surface area contributed by atoms with Crippen LogP contribution in [0.1, 0.15) is 56.8 Å². The van der Waals surface area contributed by atoms with Crippen LogP contribution in [0.3, 0.4) is 0 Å². The van der Waals surface area contributed by atoms with E-state index in [1.54, 1.807) is 25.7 Å². The van der Waals surface area contributed by atoms with Crippen LogP contribution in [0.25, 0.3) is 0 Å². The molecule has 0 saturated carbocycles. The van der Waals surface area contributed by atoms with Gasteiger partial charge in [0, 0.05) is 37.8 Å². The number of ether oxygens (including phenoxy) is 1. The summed E-state index contributed by atoms with van der Waals surface area (Å²) in [6.45, 7) is 6.87. The lowest BCUT2D eigenvalue weighted by Crippen LogP contribution is -2.47. The monoisotopic (exact) mass is 455 g/mol. The number of alkyl carbamates (subject to hydrolysis) is 1. The molecule has 0 unspecified atom stereocenters. The highest BCUT2D eigenvalue weighted by molar-refractivity contribution is 7.89. The number of sulfonamides is 1. The van der Waals surface area contributed by atoms with Crippen LogP contribution in [0, 0.1) is 5.82 Å². The third kappa shape index (κ3) is 5.74. The van der Waals surface area contributed by atoms with Gasteiger partial charge in [0.25, 0.3) is 5.91 Å². The van der Waals surface area contributed by atoms with Gasteiger partial charge in [0.2, 0.25) is 10.0 Å². The minimum atomic E-state index is -3.97. The number of carbonyl (C=O) groups excluding carboxylic acids is 2. The summed E-state index contributed by atoms with van der Waals surface area (Å²) < 4.78 is 46.4. The number of likely N-dealkylation sites (tertiary alicyclic amines) is 1. The van der Waals surface area contributed by atoms with E-state index in [-0.39, 0.29) is 17.5 Å². The highest BCUT2D eigenvalue weighted by atomic mass is 32.2. The Hall–Kier alpha value is -2.20. The molecule has 0 bridgehead atoms. The van der Waals surface area contributed by atoms with Crippen LogP contribution in [0.15, 0.2) is 23.1 Å². The van der Waals surface area contributed by atoms with E-state index >= 15 is 0 Å². The SMILES string of the molecule is CC(C)(C)OC(=O)NC1CCN(C(=O)c2ccc(F)c(S(=O)(=O)N3CCCC3)c2)CC1. The largest absolute Gasteiger partial charge is 0.444 e. The maximum atomic E-state index is 14.3. The molecule has 2 amide bonds. The van der Waals surface area contributed by atoms with Gasteiger partial charge in [0.1, 0.15) is 16.3 Å². The topological polar surface area (TPSA) is 96.0 Å². The quantitative estimate of drug-likeness (QED) is 0.753. The summed E-state index contributed by atoms with van der Waals surface area (Å²) in [6.07, 6.45) is 2.08. The van der Waals surface area contributed by atoms with Crippen molar-refractivity contribution < 1.29 is 27.1 Å². The van der Waals surface area contributed by atoms with Gasteiger partial charge in [-0.2, -0.15) is 4.31 Å². The first-order valence-electron chi connectivity index (χ1n) is 10.6.